The van der Waals surface area contributed by atoms with Crippen molar-refractivity contribution in [3.63, 3.8) is 0 Å². The first-order valence-electron chi connectivity index (χ1n) is 11.0. The Bertz CT molecular complexity index is 1550. The Morgan fingerprint density at radius 3 is 2.78 bits per heavy atom. The van der Waals surface area contributed by atoms with Crippen LogP contribution in [0.5, 0.6) is 5.88 Å². The van der Waals surface area contributed by atoms with Crippen molar-refractivity contribution >= 4 is 34.7 Å². The summed E-state index contributed by atoms with van der Waals surface area (Å²) in [6.07, 6.45) is -3.46. The Kier molecular flexibility index (Phi) is 6.50. The van der Waals surface area contributed by atoms with Crippen molar-refractivity contribution in [3.05, 3.63) is 83.2 Å². The van der Waals surface area contributed by atoms with Crippen LogP contribution in [0.15, 0.2) is 51.4 Å². The lowest BCUT2D eigenvalue weighted by atomic mass is 9.96. The van der Waals surface area contributed by atoms with Crippen molar-refractivity contribution in [3.8, 4) is 5.88 Å². The maximum Gasteiger partial charge on any atom is 0.416 e. The third-order valence-corrected chi connectivity index (χ3v) is 7.49. The molecule has 0 unspecified atom stereocenters. The van der Waals surface area contributed by atoms with Gasteiger partial charge in [0.05, 0.1) is 28.1 Å². The Hall–Kier alpha value is -2.99. The smallest absolute Gasteiger partial charge is 0.416 e. The Labute approximate surface area is 211 Å². The van der Waals surface area contributed by atoms with E-state index in [2.05, 4.69) is 15.5 Å². The normalized spacial score (nSPS) is 19.9. The van der Waals surface area contributed by atoms with Gasteiger partial charge in [0.15, 0.2) is 0 Å². The van der Waals surface area contributed by atoms with E-state index in [-0.39, 0.29) is 40.4 Å². The number of β-amino-alcohol motifs (C(OH)–C–C–N with tert-alkyl or cyclic N) is 1. The minimum absolute atomic E-state index is 0.0480. The molecule has 2 aliphatic rings. The molecule has 0 spiro atoms. The molecule has 5 rings (SSSR count). The fourth-order valence-corrected chi connectivity index (χ4v) is 5.61. The summed E-state index contributed by atoms with van der Waals surface area (Å²) < 4.78 is 42.7. The molecule has 3 aromatic rings. The van der Waals surface area contributed by atoms with Crippen molar-refractivity contribution in [2.24, 2.45) is 10.2 Å². The van der Waals surface area contributed by atoms with Gasteiger partial charge in [0.1, 0.15) is 0 Å². The van der Waals surface area contributed by atoms with Gasteiger partial charge in [-0.15, -0.1) is 0 Å². The topological polar surface area (TPSA) is 99.2 Å². The molecule has 0 saturated carbocycles. The maximum atomic E-state index is 13.8. The number of benzene rings is 2. The summed E-state index contributed by atoms with van der Waals surface area (Å²) in [7, 11) is 0. The predicted octanol–water partition coefficient (Wildman–Crippen LogP) is 2.42. The molecule has 1 saturated heterocycles. The van der Waals surface area contributed by atoms with Crippen LogP contribution in [-0.2, 0) is 19.1 Å². The summed E-state index contributed by atoms with van der Waals surface area (Å²) in [5.74, 6) is -0.329. The van der Waals surface area contributed by atoms with E-state index in [0.29, 0.717) is 34.7 Å². The first kappa shape index (κ1) is 24.7. The summed E-state index contributed by atoms with van der Waals surface area (Å²) in [6.45, 7) is 0.503. The molecular formula is C24H20ClF3N4O3S. The largest absolute Gasteiger partial charge is 0.493 e. The molecule has 7 nitrogen and oxygen atoms in total. The number of alkyl halides is 3. The summed E-state index contributed by atoms with van der Waals surface area (Å²) in [4.78, 5) is 12.6. The number of aromatic nitrogens is 1. The number of thiazole rings is 1. The number of aliphatic hydroxyl groups excluding tert-OH is 1. The zero-order valence-corrected chi connectivity index (χ0v) is 20.2. The monoisotopic (exact) mass is 536 g/mol. The number of halogens is 4. The van der Waals surface area contributed by atoms with Crippen LogP contribution in [0.4, 0.5) is 13.2 Å². The van der Waals surface area contributed by atoms with E-state index < -0.39 is 22.7 Å². The van der Waals surface area contributed by atoms with Crippen molar-refractivity contribution in [2.75, 3.05) is 6.54 Å². The molecule has 3 N–H and O–H groups in total. The van der Waals surface area contributed by atoms with Gasteiger partial charge in [0.2, 0.25) is 5.88 Å². The lowest BCUT2D eigenvalue weighted by molar-refractivity contribution is -0.138. The fraction of sp³-hybridized carbons (Fsp3) is 0.292. The number of nitrogens with one attached hydrogen (secondary N) is 1. The molecule has 0 radical (unpaired) electrons. The molecule has 12 heteroatoms. The van der Waals surface area contributed by atoms with Gasteiger partial charge in [0, 0.05) is 36.1 Å². The molecule has 0 aliphatic carbocycles. The molecule has 1 fully saturated rings. The average Bonchev–Trinajstić information content (AvgIpc) is 3.53. The standard InChI is InChI=1S/C24H20ClF3N4O3S/c25-15-3-1-13(19(7-15)24(26,27)28)6-18(12-2-4-20-14(5-12)9-30-31-20)21-22(34)32(23(35)36-21)11-16-8-17(33)10-29-16/h1-5,7,9,16-17,29,33-34H,6,8,10-11H2/t16-,17-/m0/s1. The van der Waals surface area contributed by atoms with Crippen LogP contribution in [-0.4, -0.2) is 39.7 Å². The molecule has 0 amide bonds. The first-order chi connectivity index (χ1) is 17.1. The van der Waals surface area contributed by atoms with Crippen molar-refractivity contribution in [1.82, 2.24) is 9.88 Å². The van der Waals surface area contributed by atoms with Crippen LogP contribution in [0, 0.1) is 0 Å². The van der Waals surface area contributed by atoms with Gasteiger partial charge in [-0.1, -0.05) is 35.1 Å². The van der Waals surface area contributed by atoms with E-state index in [4.69, 9.17) is 11.6 Å². The number of aliphatic hydroxyl groups is 1. The summed E-state index contributed by atoms with van der Waals surface area (Å²) in [6, 6.07) is 8.41. The highest BCUT2D eigenvalue weighted by Gasteiger charge is 2.34. The van der Waals surface area contributed by atoms with Crippen molar-refractivity contribution in [1.29, 1.82) is 0 Å². The third-order valence-electron chi connectivity index (χ3n) is 6.23. The van der Waals surface area contributed by atoms with E-state index in [9.17, 15) is 28.2 Å². The second-order valence-corrected chi connectivity index (χ2v) is 10.1. The van der Waals surface area contributed by atoms with E-state index in [1.807, 2.05) is 0 Å². The second-order valence-electron chi connectivity index (χ2n) is 8.70. The van der Waals surface area contributed by atoms with Crippen LogP contribution in [0.25, 0.3) is 5.57 Å². The molecule has 1 aromatic heterocycles. The highest BCUT2D eigenvalue weighted by Crippen LogP contribution is 2.37. The number of hydrogen-bond donors (Lipinski definition) is 3. The molecule has 2 aromatic carbocycles. The van der Waals surface area contributed by atoms with Gasteiger partial charge in [0.25, 0.3) is 0 Å². The zero-order valence-electron chi connectivity index (χ0n) is 18.6. The van der Waals surface area contributed by atoms with Crippen molar-refractivity contribution < 1.29 is 23.4 Å². The quantitative estimate of drug-likeness (QED) is 0.466. The molecule has 3 heterocycles. The van der Waals surface area contributed by atoms with E-state index in [1.54, 1.807) is 18.2 Å². The predicted molar refractivity (Wildman–Crippen MR) is 130 cm³/mol. The SMILES string of the molecule is O=c1sc(C(Cc2ccc(Cl)cc2C(F)(F)F)=c2ccc3c(c2)C=NN=3)c(O)n1C[C@@H]1C[C@H](O)CN1. The Morgan fingerprint density at radius 2 is 2.06 bits per heavy atom. The van der Waals surface area contributed by atoms with Crippen molar-refractivity contribution in [2.45, 2.75) is 37.7 Å². The van der Waals surface area contributed by atoms with E-state index in [0.717, 1.165) is 17.4 Å². The second kappa shape index (κ2) is 9.47. The number of nitrogens with zero attached hydrogens (tertiary/aromatic N) is 3. The Balaban J connectivity index is 1.66. The highest BCUT2D eigenvalue weighted by atomic mass is 35.5. The molecule has 36 heavy (non-hydrogen) atoms. The summed E-state index contributed by atoms with van der Waals surface area (Å²) in [5, 5.41) is 32.9. The van der Waals surface area contributed by atoms with Gasteiger partial charge < -0.3 is 15.5 Å². The van der Waals surface area contributed by atoms with E-state index >= 15 is 0 Å². The van der Waals surface area contributed by atoms with E-state index in [1.165, 1.54) is 22.9 Å². The number of fused-ring (bicyclic) bond motifs is 1. The van der Waals surface area contributed by atoms with Crippen LogP contribution >= 0.6 is 22.9 Å². The van der Waals surface area contributed by atoms with Gasteiger partial charge in [-0.05, 0) is 47.0 Å². The number of rotatable bonds is 5. The van der Waals surface area contributed by atoms with Gasteiger partial charge in [-0.25, -0.2) is 0 Å². The molecule has 2 atom stereocenters. The minimum Gasteiger partial charge on any atom is -0.493 e. The third kappa shape index (κ3) is 4.83. The minimum atomic E-state index is -4.65. The first-order valence-corrected chi connectivity index (χ1v) is 12.2. The van der Waals surface area contributed by atoms with Crippen LogP contribution < -0.4 is 20.8 Å². The van der Waals surface area contributed by atoms with Gasteiger partial charge >= 0.3 is 11.0 Å². The van der Waals surface area contributed by atoms with Gasteiger partial charge in [-0.2, -0.15) is 23.4 Å². The highest BCUT2D eigenvalue weighted by molar-refractivity contribution is 7.10. The lowest BCUT2D eigenvalue weighted by Gasteiger charge is -2.15. The number of aromatic hydroxyl groups is 1. The van der Waals surface area contributed by atoms with Gasteiger partial charge in [-0.3, -0.25) is 9.36 Å². The molecule has 188 valence electrons. The van der Waals surface area contributed by atoms with Crippen LogP contribution in [0.3, 0.4) is 0 Å². The Morgan fingerprint density at radius 1 is 1.25 bits per heavy atom. The summed E-state index contributed by atoms with van der Waals surface area (Å²) in [5.41, 5.74) is 0.0880. The summed E-state index contributed by atoms with van der Waals surface area (Å²) >= 11 is 6.62. The number of hydrogen-bond acceptors (Lipinski definition) is 7. The average molecular weight is 537 g/mol. The molecule has 0 bridgehead atoms. The fourth-order valence-electron chi connectivity index (χ4n) is 4.47. The maximum absolute atomic E-state index is 13.8. The van der Waals surface area contributed by atoms with Crippen LogP contribution in [0.1, 0.15) is 28.0 Å². The zero-order chi connectivity index (χ0) is 25.6. The lowest BCUT2D eigenvalue weighted by Crippen LogP contribution is -2.30. The molecular weight excluding hydrogens is 517 g/mol. The molecule has 2 aliphatic heterocycles. The van der Waals surface area contributed by atoms with Crippen LogP contribution in [0.2, 0.25) is 5.02 Å².